The summed E-state index contributed by atoms with van der Waals surface area (Å²) >= 11 is 0. The molecule has 1 aromatic rings. The van der Waals surface area contributed by atoms with Crippen LogP contribution in [0.1, 0.15) is 32.6 Å². The van der Waals surface area contributed by atoms with Crippen LogP contribution in [-0.4, -0.2) is 50.4 Å². The Labute approximate surface area is 158 Å². The van der Waals surface area contributed by atoms with E-state index in [9.17, 15) is 23.3 Å². The topological polar surface area (TPSA) is 119 Å². The van der Waals surface area contributed by atoms with E-state index < -0.39 is 14.9 Å². The number of nitro groups is 1. The van der Waals surface area contributed by atoms with E-state index in [4.69, 9.17) is 0 Å². The van der Waals surface area contributed by atoms with Gasteiger partial charge in [-0.3, -0.25) is 14.9 Å². The summed E-state index contributed by atoms with van der Waals surface area (Å²) in [5.74, 6) is 0.117. The standard InChI is InChI=1S/C17H25N3O6S/c1-13-7-10-19(11-8-13)27(24,25)14-5-6-15(16(12-14)20(22)23)18-9-3-4-17(21)26-2/h5-6,12-13,18H,3-4,7-11H2,1-2H3. The van der Waals surface area contributed by atoms with Crippen molar-refractivity contribution in [2.24, 2.45) is 5.92 Å². The Balaban J connectivity index is 2.14. The molecule has 0 spiro atoms. The lowest BCUT2D eigenvalue weighted by atomic mass is 10.0. The van der Waals surface area contributed by atoms with Crippen molar-refractivity contribution >= 4 is 27.4 Å². The number of anilines is 1. The highest BCUT2D eigenvalue weighted by Crippen LogP contribution is 2.30. The van der Waals surface area contributed by atoms with Gasteiger partial charge in [-0.05, 0) is 37.3 Å². The summed E-state index contributed by atoms with van der Waals surface area (Å²) in [4.78, 5) is 21.8. The lowest BCUT2D eigenvalue weighted by molar-refractivity contribution is -0.384. The molecule has 27 heavy (non-hydrogen) atoms. The van der Waals surface area contributed by atoms with Crippen LogP contribution >= 0.6 is 0 Å². The molecule has 0 radical (unpaired) electrons. The third-order valence-electron chi connectivity index (χ3n) is 4.65. The Morgan fingerprint density at radius 1 is 1.37 bits per heavy atom. The third-order valence-corrected chi connectivity index (χ3v) is 6.54. The smallest absolute Gasteiger partial charge is 0.305 e. The fourth-order valence-electron chi connectivity index (χ4n) is 2.90. The van der Waals surface area contributed by atoms with Gasteiger partial charge in [0.1, 0.15) is 5.69 Å². The molecule has 1 heterocycles. The lowest BCUT2D eigenvalue weighted by Gasteiger charge is -2.29. The number of methoxy groups -OCH3 is 1. The molecule has 0 saturated carbocycles. The van der Waals surface area contributed by atoms with Crippen molar-refractivity contribution in [2.75, 3.05) is 32.1 Å². The predicted octanol–water partition coefficient (Wildman–Crippen LogP) is 2.38. The summed E-state index contributed by atoms with van der Waals surface area (Å²) in [5, 5.41) is 14.3. The molecule has 1 N–H and O–H groups in total. The van der Waals surface area contributed by atoms with Crippen molar-refractivity contribution in [1.29, 1.82) is 0 Å². The van der Waals surface area contributed by atoms with Gasteiger partial charge in [0, 0.05) is 32.1 Å². The maximum atomic E-state index is 12.8. The molecule has 0 amide bonds. The van der Waals surface area contributed by atoms with Crippen LogP contribution in [0.25, 0.3) is 0 Å². The number of sulfonamides is 1. The molecule has 0 bridgehead atoms. The minimum Gasteiger partial charge on any atom is -0.469 e. The van der Waals surface area contributed by atoms with Crippen molar-refractivity contribution in [1.82, 2.24) is 4.31 Å². The molecule has 150 valence electrons. The number of carbonyl (C=O) groups excluding carboxylic acids is 1. The van der Waals surface area contributed by atoms with Crippen molar-refractivity contribution < 1.29 is 22.9 Å². The zero-order valence-electron chi connectivity index (χ0n) is 15.5. The number of rotatable bonds is 8. The minimum atomic E-state index is -3.76. The molecule has 1 aromatic carbocycles. The normalized spacial score (nSPS) is 16.1. The van der Waals surface area contributed by atoms with E-state index in [1.165, 1.54) is 23.5 Å². The summed E-state index contributed by atoms with van der Waals surface area (Å²) in [6, 6.07) is 3.87. The first-order chi connectivity index (χ1) is 12.8. The van der Waals surface area contributed by atoms with Crippen molar-refractivity contribution in [3.63, 3.8) is 0 Å². The van der Waals surface area contributed by atoms with Crippen LogP contribution in [0.3, 0.4) is 0 Å². The summed E-state index contributed by atoms with van der Waals surface area (Å²) in [5.41, 5.74) is -0.0874. The average Bonchev–Trinajstić information content (AvgIpc) is 2.65. The Morgan fingerprint density at radius 2 is 2.04 bits per heavy atom. The van der Waals surface area contributed by atoms with Crippen LogP contribution < -0.4 is 5.32 Å². The van der Waals surface area contributed by atoms with E-state index in [2.05, 4.69) is 17.0 Å². The largest absolute Gasteiger partial charge is 0.469 e. The summed E-state index contributed by atoms with van der Waals surface area (Å²) in [6.45, 7) is 3.25. The number of carbonyl (C=O) groups is 1. The maximum Gasteiger partial charge on any atom is 0.305 e. The van der Waals surface area contributed by atoms with Gasteiger partial charge in [-0.25, -0.2) is 8.42 Å². The number of esters is 1. The molecule has 0 atom stereocenters. The molecule has 0 aromatic heterocycles. The highest BCUT2D eigenvalue weighted by atomic mass is 32.2. The zero-order valence-corrected chi connectivity index (χ0v) is 16.3. The van der Waals surface area contributed by atoms with Crippen molar-refractivity contribution in [3.05, 3.63) is 28.3 Å². The monoisotopic (exact) mass is 399 g/mol. The second kappa shape index (κ2) is 9.14. The Kier molecular flexibility index (Phi) is 7.14. The highest BCUT2D eigenvalue weighted by Gasteiger charge is 2.30. The van der Waals surface area contributed by atoms with E-state index in [1.807, 2.05) is 0 Å². The predicted molar refractivity (Wildman–Crippen MR) is 100.0 cm³/mol. The highest BCUT2D eigenvalue weighted by molar-refractivity contribution is 7.89. The van der Waals surface area contributed by atoms with E-state index in [1.54, 1.807) is 0 Å². The number of nitro benzene ring substituents is 1. The Bertz CT molecular complexity index is 788. The molecule has 1 aliphatic heterocycles. The zero-order chi connectivity index (χ0) is 20.0. The SMILES string of the molecule is COC(=O)CCCNc1ccc(S(=O)(=O)N2CCC(C)CC2)cc1[N+](=O)[O-]. The fraction of sp³-hybridized carbons (Fsp3) is 0.588. The van der Waals surface area contributed by atoms with E-state index >= 15 is 0 Å². The first-order valence-corrected chi connectivity index (χ1v) is 10.3. The summed E-state index contributed by atoms with van der Waals surface area (Å²) in [7, 11) is -2.46. The van der Waals surface area contributed by atoms with Gasteiger partial charge >= 0.3 is 5.97 Å². The van der Waals surface area contributed by atoms with Gasteiger partial charge in [-0.15, -0.1) is 0 Å². The van der Waals surface area contributed by atoms with Gasteiger partial charge in [0.05, 0.1) is 16.9 Å². The molecule has 1 fully saturated rings. The molecule has 0 unspecified atom stereocenters. The molecular formula is C17H25N3O6S. The molecule has 1 aliphatic rings. The quantitative estimate of drug-likeness (QED) is 0.308. The number of ether oxygens (including phenoxy) is 1. The number of benzene rings is 1. The second-order valence-corrected chi connectivity index (χ2v) is 8.57. The van der Waals surface area contributed by atoms with E-state index in [0.717, 1.165) is 18.9 Å². The van der Waals surface area contributed by atoms with E-state index in [-0.39, 0.29) is 28.7 Å². The van der Waals surface area contributed by atoms with Gasteiger partial charge in [-0.1, -0.05) is 6.92 Å². The van der Waals surface area contributed by atoms with Gasteiger partial charge in [0.15, 0.2) is 0 Å². The van der Waals surface area contributed by atoms with Gasteiger partial charge in [0.25, 0.3) is 5.69 Å². The number of nitrogens with one attached hydrogen (secondary N) is 1. The number of piperidine rings is 1. The van der Waals surface area contributed by atoms with Crippen LogP contribution in [0.15, 0.2) is 23.1 Å². The van der Waals surface area contributed by atoms with Gasteiger partial charge < -0.3 is 10.1 Å². The third kappa shape index (κ3) is 5.39. The van der Waals surface area contributed by atoms with Gasteiger partial charge in [-0.2, -0.15) is 4.31 Å². The van der Waals surface area contributed by atoms with Crippen molar-refractivity contribution in [3.8, 4) is 0 Å². The Morgan fingerprint density at radius 3 is 2.63 bits per heavy atom. The van der Waals surface area contributed by atoms with Crippen LogP contribution in [0.4, 0.5) is 11.4 Å². The Hall–Kier alpha value is -2.20. The van der Waals surface area contributed by atoms with Crippen LogP contribution in [0.5, 0.6) is 0 Å². The van der Waals surface area contributed by atoms with Gasteiger partial charge in [0.2, 0.25) is 10.0 Å². The first-order valence-electron chi connectivity index (χ1n) is 8.85. The average molecular weight is 399 g/mol. The van der Waals surface area contributed by atoms with Crippen LogP contribution in [-0.2, 0) is 19.6 Å². The van der Waals surface area contributed by atoms with Crippen LogP contribution in [0, 0.1) is 16.0 Å². The molecular weight excluding hydrogens is 374 g/mol. The molecule has 9 nitrogen and oxygen atoms in total. The maximum absolute atomic E-state index is 12.8. The number of hydrogen-bond acceptors (Lipinski definition) is 7. The van der Waals surface area contributed by atoms with Crippen LogP contribution in [0.2, 0.25) is 0 Å². The van der Waals surface area contributed by atoms with Crippen molar-refractivity contribution in [2.45, 2.75) is 37.5 Å². The summed E-state index contributed by atoms with van der Waals surface area (Å²) in [6.07, 6.45) is 2.19. The number of hydrogen-bond donors (Lipinski definition) is 1. The first kappa shape index (κ1) is 21.1. The lowest BCUT2D eigenvalue weighted by Crippen LogP contribution is -2.37. The summed E-state index contributed by atoms with van der Waals surface area (Å²) < 4.78 is 31.5. The molecule has 2 rings (SSSR count). The number of nitrogens with zero attached hydrogens (tertiary/aromatic N) is 2. The molecule has 10 heteroatoms. The van der Waals surface area contributed by atoms with E-state index in [0.29, 0.717) is 32.0 Å². The minimum absolute atomic E-state index is 0.0798. The fourth-order valence-corrected chi connectivity index (χ4v) is 4.39. The second-order valence-electron chi connectivity index (χ2n) is 6.63. The molecule has 0 aliphatic carbocycles. The molecule has 1 saturated heterocycles.